The van der Waals surface area contributed by atoms with E-state index in [1.165, 1.54) is 11.3 Å². The highest BCUT2D eigenvalue weighted by Crippen LogP contribution is 2.32. The van der Waals surface area contributed by atoms with E-state index in [-0.39, 0.29) is 17.8 Å². The number of thiophene rings is 1. The van der Waals surface area contributed by atoms with Crippen LogP contribution in [0.3, 0.4) is 0 Å². The largest absolute Gasteiger partial charge is 0.485 e. The van der Waals surface area contributed by atoms with Crippen LogP contribution in [-0.4, -0.2) is 12.4 Å². The van der Waals surface area contributed by atoms with Crippen LogP contribution in [0.25, 0.3) is 0 Å². The van der Waals surface area contributed by atoms with Gasteiger partial charge in [-0.1, -0.05) is 44.5 Å². The molecule has 2 nitrogen and oxygen atoms in total. The first-order chi connectivity index (χ1) is 9.77. The molecule has 0 radical (unpaired) electrons. The predicted molar refractivity (Wildman–Crippen MR) is 89.0 cm³/mol. The molecule has 0 saturated carbocycles. The van der Waals surface area contributed by atoms with E-state index in [1.54, 1.807) is 12.1 Å². The molecule has 4 heteroatoms. The van der Waals surface area contributed by atoms with E-state index in [0.717, 1.165) is 16.9 Å². The van der Waals surface area contributed by atoms with Crippen molar-refractivity contribution in [2.24, 2.45) is 0 Å². The second-order valence-corrected chi connectivity index (χ2v) is 7.78. The molecule has 0 aliphatic carbocycles. The van der Waals surface area contributed by atoms with Crippen LogP contribution in [0.1, 0.15) is 41.6 Å². The van der Waals surface area contributed by atoms with Crippen LogP contribution in [0, 0.1) is 6.92 Å². The summed E-state index contributed by atoms with van der Waals surface area (Å²) < 4.78 is 6.40. The summed E-state index contributed by atoms with van der Waals surface area (Å²) >= 11 is 7.13. The summed E-state index contributed by atoms with van der Waals surface area (Å²) in [6.07, 6.45) is 0. The Morgan fingerprint density at radius 3 is 2.52 bits per heavy atom. The first kappa shape index (κ1) is 16.1. The van der Waals surface area contributed by atoms with Crippen molar-refractivity contribution < 1.29 is 9.53 Å². The second kappa shape index (κ2) is 6.20. The molecular weight excluding hydrogens is 304 g/mol. The highest BCUT2D eigenvalue weighted by Gasteiger charge is 2.20. The molecule has 1 aromatic carbocycles. The number of rotatable bonds is 4. The topological polar surface area (TPSA) is 26.3 Å². The molecule has 0 unspecified atom stereocenters. The summed E-state index contributed by atoms with van der Waals surface area (Å²) in [7, 11) is 0. The van der Waals surface area contributed by atoms with Crippen molar-refractivity contribution in [1.29, 1.82) is 0 Å². The van der Waals surface area contributed by atoms with Crippen molar-refractivity contribution in [2.45, 2.75) is 33.1 Å². The monoisotopic (exact) mass is 322 g/mol. The van der Waals surface area contributed by atoms with Gasteiger partial charge in [0, 0.05) is 0 Å². The van der Waals surface area contributed by atoms with Gasteiger partial charge in [0.15, 0.2) is 6.61 Å². The number of hydrogen-bond donors (Lipinski definition) is 0. The molecule has 1 heterocycles. The minimum absolute atomic E-state index is 0.0294. The van der Waals surface area contributed by atoms with E-state index in [2.05, 4.69) is 32.9 Å². The standard InChI is InChI=1S/C17H19ClO2S/c1-11-5-6-12(17(2,3)4)14(9-11)20-10-13(19)15-7-8-16(18)21-15/h5-9H,10H2,1-4H3. The van der Waals surface area contributed by atoms with Gasteiger partial charge in [-0.25, -0.2) is 0 Å². The smallest absolute Gasteiger partial charge is 0.210 e. The summed E-state index contributed by atoms with van der Waals surface area (Å²) in [5.41, 5.74) is 2.19. The van der Waals surface area contributed by atoms with Crippen molar-refractivity contribution in [2.75, 3.05) is 6.61 Å². The number of carbonyl (C=O) groups is 1. The minimum atomic E-state index is -0.0479. The number of halogens is 1. The van der Waals surface area contributed by atoms with Gasteiger partial charge < -0.3 is 4.74 Å². The second-order valence-electron chi connectivity index (χ2n) is 6.07. The molecule has 0 N–H and O–H groups in total. The van der Waals surface area contributed by atoms with Crippen molar-refractivity contribution in [1.82, 2.24) is 0 Å². The molecule has 112 valence electrons. The zero-order chi connectivity index (χ0) is 15.6. The van der Waals surface area contributed by atoms with Crippen molar-refractivity contribution in [3.05, 3.63) is 50.7 Å². The van der Waals surface area contributed by atoms with Gasteiger partial charge in [-0.15, -0.1) is 11.3 Å². The van der Waals surface area contributed by atoms with Gasteiger partial charge in [0.1, 0.15) is 5.75 Å². The molecular formula is C17H19ClO2S. The molecule has 21 heavy (non-hydrogen) atoms. The highest BCUT2D eigenvalue weighted by atomic mass is 35.5. The Hall–Kier alpha value is -1.32. The maximum Gasteiger partial charge on any atom is 0.210 e. The van der Waals surface area contributed by atoms with Crippen LogP contribution in [0.2, 0.25) is 4.34 Å². The maximum absolute atomic E-state index is 12.1. The fraction of sp³-hybridized carbons (Fsp3) is 0.353. The predicted octanol–water partition coefficient (Wildman–Crippen LogP) is 5.27. The van der Waals surface area contributed by atoms with Crippen LogP contribution < -0.4 is 4.74 Å². The summed E-state index contributed by atoms with van der Waals surface area (Å²) in [6, 6.07) is 9.58. The Labute approximate surface area is 134 Å². The quantitative estimate of drug-likeness (QED) is 0.717. The molecule has 0 aliphatic rings. The normalized spacial score (nSPS) is 11.5. The molecule has 2 rings (SSSR count). The van der Waals surface area contributed by atoms with Crippen molar-refractivity contribution >= 4 is 28.7 Å². The number of benzene rings is 1. The summed E-state index contributed by atoms with van der Waals surface area (Å²) in [5.74, 6) is 0.728. The third-order valence-electron chi connectivity index (χ3n) is 3.15. The third kappa shape index (κ3) is 4.08. The van der Waals surface area contributed by atoms with E-state index in [9.17, 15) is 4.79 Å². The minimum Gasteiger partial charge on any atom is -0.485 e. The number of Topliss-reactive ketones (excluding diaryl/α,β-unsaturated/α-hetero) is 1. The fourth-order valence-corrected chi connectivity index (χ4v) is 3.01. The average molecular weight is 323 g/mol. The Morgan fingerprint density at radius 2 is 1.95 bits per heavy atom. The maximum atomic E-state index is 12.1. The van der Waals surface area contributed by atoms with E-state index in [1.807, 2.05) is 13.0 Å². The SMILES string of the molecule is Cc1ccc(C(C)(C)C)c(OCC(=O)c2ccc(Cl)s2)c1. The fourth-order valence-electron chi connectivity index (χ4n) is 2.05. The lowest BCUT2D eigenvalue weighted by Crippen LogP contribution is -2.16. The van der Waals surface area contributed by atoms with Gasteiger partial charge in [-0.2, -0.15) is 0 Å². The van der Waals surface area contributed by atoms with Gasteiger partial charge in [-0.05, 0) is 41.7 Å². The van der Waals surface area contributed by atoms with E-state index >= 15 is 0 Å². The van der Waals surface area contributed by atoms with Crippen LogP contribution >= 0.6 is 22.9 Å². The zero-order valence-corrected chi connectivity index (χ0v) is 14.3. The molecule has 0 spiro atoms. The van der Waals surface area contributed by atoms with Gasteiger partial charge in [0.2, 0.25) is 5.78 Å². The van der Waals surface area contributed by atoms with Crippen LogP contribution in [0.4, 0.5) is 0 Å². The first-order valence-corrected chi connectivity index (χ1v) is 7.99. The number of ether oxygens (including phenoxy) is 1. The summed E-state index contributed by atoms with van der Waals surface area (Å²) in [4.78, 5) is 12.7. The Balaban J connectivity index is 2.16. The number of aryl methyl sites for hydroxylation is 1. The lowest BCUT2D eigenvalue weighted by atomic mass is 9.86. The lowest BCUT2D eigenvalue weighted by molar-refractivity contribution is 0.0924. The van der Waals surface area contributed by atoms with Crippen molar-refractivity contribution in [3.8, 4) is 5.75 Å². The molecule has 0 aliphatic heterocycles. The summed E-state index contributed by atoms with van der Waals surface area (Å²) in [5, 5.41) is 0. The first-order valence-electron chi connectivity index (χ1n) is 6.80. The van der Waals surface area contributed by atoms with E-state index < -0.39 is 0 Å². The van der Waals surface area contributed by atoms with Crippen LogP contribution in [-0.2, 0) is 5.41 Å². The van der Waals surface area contributed by atoms with Crippen LogP contribution in [0.5, 0.6) is 5.75 Å². The van der Waals surface area contributed by atoms with E-state index in [4.69, 9.17) is 16.3 Å². The Morgan fingerprint density at radius 1 is 1.24 bits per heavy atom. The molecule has 2 aromatic rings. The molecule has 0 bridgehead atoms. The average Bonchev–Trinajstić information content (AvgIpc) is 2.81. The van der Waals surface area contributed by atoms with Crippen molar-refractivity contribution in [3.63, 3.8) is 0 Å². The number of ketones is 1. The van der Waals surface area contributed by atoms with Gasteiger partial charge in [0.25, 0.3) is 0 Å². The molecule has 0 atom stereocenters. The van der Waals surface area contributed by atoms with Gasteiger partial charge >= 0.3 is 0 Å². The lowest BCUT2D eigenvalue weighted by Gasteiger charge is -2.23. The highest BCUT2D eigenvalue weighted by molar-refractivity contribution is 7.18. The number of carbonyl (C=O) groups excluding carboxylic acids is 1. The summed E-state index contributed by atoms with van der Waals surface area (Å²) in [6.45, 7) is 8.44. The van der Waals surface area contributed by atoms with E-state index in [0.29, 0.717) is 9.21 Å². The molecule has 0 amide bonds. The third-order valence-corrected chi connectivity index (χ3v) is 4.42. The molecule has 1 aromatic heterocycles. The Bertz CT molecular complexity index is 653. The van der Waals surface area contributed by atoms with Gasteiger partial charge in [0.05, 0.1) is 9.21 Å². The van der Waals surface area contributed by atoms with Gasteiger partial charge in [-0.3, -0.25) is 4.79 Å². The molecule has 0 saturated heterocycles. The zero-order valence-electron chi connectivity index (χ0n) is 12.7. The Kier molecular flexibility index (Phi) is 4.74. The number of hydrogen-bond acceptors (Lipinski definition) is 3. The molecule has 0 fully saturated rings. The van der Waals surface area contributed by atoms with Crippen LogP contribution in [0.15, 0.2) is 30.3 Å².